The molecule has 2 aromatic rings. The zero-order chi connectivity index (χ0) is 15.4. The molecule has 5 heteroatoms. The Morgan fingerprint density at radius 1 is 1.09 bits per heavy atom. The van der Waals surface area contributed by atoms with Crippen molar-refractivity contribution in [1.29, 1.82) is 0 Å². The SMILES string of the molecule is CO[C@H]1CN(c2ccn(Cc3ccccc3)n2)CC[C@H]1OC. The molecule has 0 aliphatic carbocycles. The summed E-state index contributed by atoms with van der Waals surface area (Å²) in [6.45, 7) is 2.56. The van der Waals surface area contributed by atoms with E-state index in [1.807, 2.05) is 16.9 Å². The number of aromatic nitrogens is 2. The van der Waals surface area contributed by atoms with Crippen LogP contribution < -0.4 is 4.90 Å². The number of ether oxygens (including phenoxy) is 2. The smallest absolute Gasteiger partial charge is 0.150 e. The number of rotatable bonds is 5. The van der Waals surface area contributed by atoms with E-state index in [4.69, 9.17) is 14.6 Å². The minimum absolute atomic E-state index is 0.0954. The van der Waals surface area contributed by atoms with Gasteiger partial charge in [-0.05, 0) is 12.0 Å². The number of hydrogen-bond acceptors (Lipinski definition) is 4. The van der Waals surface area contributed by atoms with Crippen molar-refractivity contribution in [2.75, 3.05) is 32.2 Å². The van der Waals surface area contributed by atoms with E-state index in [1.54, 1.807) is 14.2 Å². The number of nitrogens with zero attached hydrogens (tertiary/aromatic N) is 3. The van der Waals surface area contributed by atoms with Gasteiger partial charge in [-0.15, -0.1) is 0 Å². The van der Waals surface area contributed by atoms with Crippen LogP contribution in [0.3, 0.4) is 0 Å². The predicted molar refractivity (Wildman–Crippen MR) is 86.2 cm³/mol. The quantitative estimate of drug-likeness (QED) is 0.848. The molecule has 2 heterocycles. The van der Waals surface area contributed by atoms with Gasteiger partial charge in [-0.1, -0.05) is 30.3 Å². The normalized spacial score (nSPS) is 22.0. The van der Waals surface area contributed by atoms with E-state index in [0.717, 1.165) is 31.9 Å². The standard InChI is InChI=1S/C17H23N3O2/c1-21-15-8-10-19(13-16(15)22-2)17-9-11-20(18-17)12-14-6-4-3-5-7-14/h3-7,9,11,15-16H,8,10,12-13H2,1-2H3/t15-,16+/m1/s1. The maximum atomic E-state index is 5.55. The van der Waals surface area contributed by atoms with Crippen molar-refractivity contribution in [3.8, 4) is 0 Å². The van der Waals surface area contributed by atoms with E-state index in [0.29, 0.717) is 0 Å². The minimum atomic E-state index is 0.0954. The molecule has 5 nitrogen and oxygen atoms in total. The van der Waals surface area contributed by atoms with Gasteiger partial charge in [-0.3, -0.25) is 4.68 Å². The van der Waals surface area contributed by atoms with Crippen molar-refractivity contribution in [3.63, 3.8) is 0 Å². The zero-order valence-corrected chi connectivity index (χ0v) is 13.2. The first kappa shape index (κ1) is 15.1. The molecule has 3 rings (SSSR count). The third-order valence-electron chi connectivity index (χ3n) is 4.24. The molecule has 1 aliphatic rings. The summed E-state index contributed by atoms with van der Waals surface area (Å²) in [5.74, 6) is 1.01. The van der Waals surface area contributed by atoms with Crippen LogP contribution in [-0.2, 0) is 16.0 Å². The maximum Gasteiger partial charge on any atom is 0.150 e. The Balaban J connectivity index is 1.66. The Bertz CT molecular complexity index is 585. The number of anilines is 1. The fraction of sp³-hybridized carbons (Fsp3) is 0.471. The summed E-state index contributed by atoms with van der Waals surface area (Å²) in [7, 11) is 3.50. The molecule has 0 amide bonds. The Kier molecular flexibility index (Phi) is 4.75. The average Bonchev–Trinajstić information content (AvgIpc) is 3.03. The molecule has 0 unspecified atom stereocenters. The Morgan fingerprint density at radius 2 is 1.86 bits per heavy atom. The second kappa shape index (κ2) is 6.94. The van der Waals surface area contributed by atoms with Crippen LogP contribution in [0.5, 0.6) is 0 Å². The molecule has 1 aromatic heterocycles. The van der Waals surface area contributed by atoms with Crippen LogP contribution in [0.4, 0.5) is 5.82 Å². The van der Waals surface area contributed by atoms with Gasteiger partial charge in [0.1, 0.15) is 6.10 Å². The van der Waals surface area contributed by atoms with Gasteiger partial charge in [0.25, 0.3) is 0 Å². The van der Waals surface area contributed by atoms with E-state index in [9.17, 15) is 0 Å². The summed E-state index contributed by atoms with van der Waals surface area (Å²) in [4.78, 5) is 2.27. The predicted octanol–water partition coefficient (Wildman–Crippen LogP) is 2.17. The van der Waals surface area contributed by atoms with Gasteiger partial charge in [0.2, 0.25) is 0 Å². The molecule has 0 N–H and O–H groups in total. The first-order valence-corrected chi connectivity index (χ1v) is 7.68. The molecular weight excluding hydrogens is 278 g/mol. The number of benzene rings is 1. The van der Waals surface area contributed by atoms with Crippen molar-refractivity contribution in [2.24, 2.45) is 0 Å². The largest absolute Gasteiger partial charge is 0.379 e. The molecular formula is C17H23N3O2. The number of methoxy groups -OCH3 is 2. The fourth-order valence-electron chi connectivity index (χ4n) is 2.98. The molecule has 1 aromatic carbocycles. The molecule has 0 spiro atoms. The highest BCUT2D eigenvalue weighted by Crippen LogP contribution is 2.21. The molecule has 22 heavy (non-hydrogen) atoms. The lowest BCUT2D eigenvalue weighted by Gasteiger charge is -2.37. The van der Waals surface area contributed by atoms with Crippen molar-refractivity contribution >= 4 is 5.82 Å². The molecule has 1 fully saturated rings. The van der Waals surface area contributed by atoms with E-state index in [-0.39, 0.29) is 12.2 Å². The van der Waals surface area contributed by atoms with Gasteiger partial charge in [0, 0.05) is 39.6 Å². The van der Waals surface area contributed by atoms with Crippen molar-refractivity contribution in [1.82, 2.24) is 9.78 Å². The third kappa shape index (κ3) is 3.31. The summed E-state index contributed by atoms with van der Waals surface area (Å²) in [5.41, 5.74) is 1.25. The second-order valence-electron chi connectivity index (χ2n) is 5.64. The number of piperidine rings is 1. The van der Waals surface area contributed by atoms with Gasteiger partial charge in [0.15, 0.2) is 5.82 Å². The van der Waals surface area contributed by atoms with Gasteiger partial charge < -0.3 is 14.4 Å². The second-order valence-corrected chi connectivity index (χ2v) is 5.64. The Hall–Kier alpha value is -1.85. The van der Waals surface area contributed by atoms with Gasteiger partial charge in [-0.2, -0.15) is 5.10 Å². The zero-order valence-electron chi connectivity index (χ0n) is 13.2. The summed E-state index contributed by atoms with van der Waals surface area (Å²) < 4.78 is 13.0. The van der Waals surface area contributed by atoms with Crippen LogP contribution >= 0.6 is 0 Å². The highest BCUT2D eigenvalue weighted by Gasteiger charge is 2.30. The highest BCUT2D eigenvalue weighted by molar-refractivity contribution is 5.38. The third-order valence-corrected chi connectivity index (χ3v) is 4.24. The topological polar surface area (TPSA) is 39.5 Å². The van der Waals surface area contributed by atoms with Crippen LogP contribution in [0.2, 0.25) is 0 Å². The summed E-state index contributed by atoms with van der Waals surface area (Å²) in [6, 6.07) is 12.4. The van der Waals surface area contributed by atoms with E-state index >= 15 is 0 Å². The highest BCUT2D eigenvalue weighted by atomic mass is 16.5. The molecule has 0 saturated carbocycles. The van der Waals surface area contributed by atoms with Gasteiger partial charge >= 0.3 is 0 Å². The Labute approximate surface area is 131 Å². The lowest BCUT2D eigenvalue weighted by Crippen LogP contribution is -2.48. The molecule has 1 aliphatic heterocycles. The molecule has 0 radical (unpaired) electrons. The van der Waals surface area contributed by atoms with Crippen molar-refractivity contribution < 1.29 is 9.47 Å². The van der Waals surface area contributed by atoms with E-state index < -0.39 is 0 Å². The molecule has 0 bridgehead atoms. The van der Waals surface area contributed by atoms with Gasteiger partial charge in [0.05, 0.1) is 12.6 Å². The van der Waals surface area contributed by atoms with Gasteiger partial charge in [-0.25, -0.2) is 0 Å². The minimum Gasteiger partial charge on any atom is -0.379 e. The molecule has 118 valence electrons. The first-order valence-electron chi connectivity index (χ1n) is 7.68. The van der Waals surface area contributed by atoms with Crippen molar-refractivity contribution in [2.45, 2.75) is 25.2 Å². The van der Waals surface area contributed by atoms with Crippen LogP contribution in [-0.4, -0.2) is 49.3 Å². The summed E-state index contributed by atoms with van der Waals surface area (Å²) in [5, 5.41) is 4.70. The van der Waals surface area contributed by atoms with Crippen LogP contribution in [0, 0.1) is 0 Å². The van der Waals surface area contributed by atoms with Crippen molar-refractivity contribution in [3.05, 3.63) is 48.2 Å². The summed E-state index contributed by atoms with van der Waals surface area (Å²) >= 11 is 0. The average molecular weight is 301 g/mol. The van der Waals surface area contributed by atoms with E-state index in [1.165, 1.54) is 5.56 Å². The van der Waals surface area contributed by atoms with E-state index in [2.05, 4.69) is 35.2 Å². The summed E-state index contributed by atoms with van der Waals surface area (Å²) in [6.07, 6.45) is 3.26. The monoisotopic (exact) mass is 301 g/mol. The lowest BCUT2D eigenvalue weighted by molar-refractivity contribution is -0.0442. The van der Waals surface area contributed by atoms with Crippen LogP contribution in [0.15, 0.2) is 42.6 Å². The molecule has 1 saturated heterocycles. The lowest BCUT2D eigenvalue weighted by atomic mass is 10.0. The maximum absolute atomic E-state index is 5.55. The Morgan fingerprint density at radius 3 is 2.59 bits per heavy atom. The first-order chi connectivity index (χ1) is 10.8. The molecule has 2 atom stereocenters. The number of hydrogen-bond donors (Lipinski definition) is 0. The fourth-order valence-corrected chi connectivity index (χ4v) is 2.98. The van der Waals surface area contributed by atoms with Crippen LogP contribution in [0.25, 0.3) is 0 Å². The van der Waals surface area contributed by atoms with Crippen LogP contribution in [0.1, 0.15) is 12.0 Å².